The SMILES string of the molecule is CCCNC(=O)[C@H](C)N(Cc1cccc(Br)c1)C(=O)CN(c1ccccc1C)S(=O)(=O)c1ccccc1. The van der Waals surface area contributed by atoms with Crippen LogP contribution in [-0.4, -0.2) is 44.3 Å². The van der Waals surface area contributed by atoms with E-state index in [1.165, 1.54) is 17.0 Å². The van der Waals surface area contributed by atoms with Crippen molar-refractivity contribution >= 4 is 43.5 Å². The van der Waals surface area contributed by atoms with Gasteiger partial charge in [-0.15, -0.1) is 0 Å². The highest BCUT2D eigenvalue weighted by Crippen LogP contribution is 2.27. The molecule has 3 aromatic carbocycles. The number of amides is 2. The molecule has 0 fully saturated rings. The Balaban J connectivity index is 2.02. The maximum atomic E-state index is 13.9. The van der Waals surface area contributed by atoms with Crippen molar-refractivity contribution in [3.05, 3.63) is 94.5 Å². The lowest BCUT2D eigenvalue weighted by Gasteiger charge is -2.32. The predicted octanol–water partition coefficient (Wildman–Crippen LogP) is 4.90. The molecule has 9 heteroatoms. The number of sulfonamides is 1. The predicted molar refractivity (Wildman–Crippen MR) is 150 cm³/mol. The summed E-state index contributed by atoms with van der Waals surface area (Å²) in [5.74, 6) is -0.777. The van der Waals surface area contributed by atoms with Crippen LogP contribution in [0.4, 0.5) is 5.69 Å². The lowest BCUT2D eigenvalue weighted by Crippen LogP contribution is -2.51. The summed E-state index contributed by atoms with van der Waals surface area (Å²) in [7, 11) is -4.07. The monoisotopic (exact) mass is 585 g/mol. The average Bonchev–Trinajstić information content (AvgIpc) is 2.89. The van der Waals surface area contributed by atoms with Gasteiger partial charge in [-0.3, -0.25) is 13.9 Å². The Morgan fingerprint density at radius 2 is 1.65 bits per heavy atom. The van der Waals surface area contributed by atoms with Gasteiger partial charge in [0.15, 0.2) is 0 Å². The van der Waals surface area contributed by atoms with Crippen molar-refractivity contribution in [1.29, 1.82) is 0 Å². The van der Waals surface area contributed by atoms with Crippen molar-refractivity contribution in [2.75, 3.05) is 17.4 Å². The van der Waals surface area contributed by atoms with E-state index in [0.717, 1.165) is 20.8 Å². The van der Waals surface area contributed by atoms with E-state index in [0.29, 0.717) is 17.8 Å². The molecule has 1 N–H and O–H groups in total. The van der Waals surface area contributed by atoms with E-state index in [-0.39, 0.29) is 17.3 Å². The van der Waals surface area contributed by atoms with Gasteiger partial charge in [-0.2, -0.15) is 0 Å². The minimum absolute atomic E-state index is 0.0818. The van der Waals surface area contributed by atoms with Crippen LogP contribution < -0.4 is 9.62 Å². The largest absolute Gasteiger partial charge is 0.354 e. The van der Waals surface area contributed by atoms with Gasteiger partial charge < -0.3 is 10.2 Å². The summed E-state index contributed by atoms with van der Waals surface area (Å²) in [4.78, 5) is 28.3. The van der Waals surface area contributed by atoms with E-state index in [1.54, 1.807) is 50.2 Å². The normalized spacial score (nSPS) is 12.0. The molecule has 0 heterocycles. The van der Waals surface area contributed by atoms with Crippen molar-refractivity contribution in [3.63, 3.8) is 0 Å². The number of hydrogen-bond donors (Lipinski definition) is 1. The average molecular weight is 587 g/mol. The van der Waals surface area contributed by atoms with E-state index >= 15 is 0 Å². The van der Waals surface area contributed by atoms with Crippen molar-refractivity contribution in [2.24, 2.45) is 0 Å². The molecule has 0 radical (unpaired) electrons. The van der Waals surface area contributed by atoms with Crippen molar-refractivity contribution in [1.82, 2.24) is 10.2 Å². The molecule has 37 heavy (non-hydrogen) atoms. The summed E-state index contributed by atoms with van der Waals surface area (Å²) in [5.41, 5.74) is 1.93. The van der Waals surface area contributed by atoms with Gasteiger partial charge in [-0.1, -0.05) is 71.4 Å². The molecule has 196 valence electrons. The molecule has 0 bridgehead atoms. The van der Waals surface area contributed by atoms with Gasteiger partial charge in [0.2, 0.25) is 11.8 Å². The van der Waals surface area contributed by atoms with Gasteiger partial charge in [0, 0.05) is 17.6 Å². The second-order valence-electron chi connectivity index (χ2n) is 8.73. The minimum atomic E-state index is -4.07. The number of carbonyl (C=O) groups is 2. The lowest BCUT2D eigenvalue weighted by atomic mass is 10.1. The zero-order valence-corrected chi connectivity index (χ0v) is 23.6. The number of carbonyl (C=O) groups excluding carboxylic acids is 2. The maximum Gasteiger partial charge on any atom is 0.264 e. The lowest BCUT2D eigenvalue weighted by molar-refractivity contribution is -0.139. The Labute approximate surface area is 227 Å². The van der Waals surface area contributed by atoms with Crippen LogP contribution in [0, 0.1) is 6.92 Å². The van der Waals surface area contributed by atoms with Crippen LogP contribution in [0.2, 0.25) is 0 Å². The van der Waals surface area contributed by atoms with Gasteiger partial charge in [0.05, 0.1) is 10.6 Å². The first-order valence-electron chi connectivity index (χ1n) is 12.1. The molecule has 0 saturated heterocycles. The summed E-state index contributed by atoms with van der Waals surface area (Å²) in [6.07, 6.45) is 0.758. The summed E-state index contributed by atoms with van der Waals surface area (Å²) in [6.45, 7) is 5.58. The van der Waals surface area contributed by atoms with Crippen molar-refractivity contribution < 1.29 is 18.0 Å². The number of aryl methyl sites for hydroxylation is 1. The highest BCUT2D eigenvalue weighted by molar-refractivity contribution is 9.10. The quantitative estimate of drug-likeness (QED) is 0.347. The Hall–Kier alpha value is -3.17. The number of nitrogens with one attached hydrogen (secondary N) is 1. The first-order chi connectivity index (χ1) is 17.6. The van der Waals surface area contributed by atoms with Crippen LogP contribution in [0.3, 0.4) is 0 Å². The zero-order chi connectivity index (χ0) is 27.0. The van der Waals surface area contributed by atoms with Gasteiger partial charge in [-0.05, 0) is 61.7 Å². The fourth-order valence-electron chi connectivity index (χ4n) is 3.89. The molecular formula is C28H32BrN3O4S. The van der Waals surface area contributed by atoms with Gasteiger partial charge in [-0.25, -0.2) is 8.42 Å². The second-order valence-corrected chi connectivity index (χ2v) is 11.5. The fraction of sp³-hybridized carbons (Fsp3) is 0.286. The molecule has 0 aliphatic rings. The number of rotatable bonds is 11. The maximum absolute atomic E-state index is 13.9. The van der Waals surface area contributed by atoms with Crippen molar-refractivity contribution in [3.8, 4) is 0 Å². The van der Waals surface area contributed by atoms with Crippen molar-refractivity contribution in [2.45, 2.75) is 44.7 Å². The van der Waals surface area contributed by atoms with Crippen LogP contribution in [-0.2, 0) is 26.2 Å². The number of hydrogen-bond acceptors (Lipinski definition) is 4. The molecule has 2 amide bonds. The van der Waals surface area contributed by atoms with E-state index in [2.05, 4.69) is 21.2 Å². The molecule has 0 aliphatic heterocycles. The van der Waals surface area contributed by atoms with Gasteiger partial charge in [0.25, 0.3) is 10.0 Å². The molecule has 0 spiro atoms. The molecule has 0 saturated carbocycles. The third-order valence-corrected chi connectivity index (χ3v) is 8.22. The molecule has 3 aromatic rings. The smallest absolute Gasteiger partial charge is 0.264 e. The van der Waals surface area contributed by atoms with E-state index in [4.69, 9.17) is 0 Å². The summed E-state index contributed by atoms with van der Waals surface area (Å²) < 4.78 is 29.5. The van der Waals surface area contributed by atoms with Gasteiger partial charge in [0.1, 0.15) is 12.6 Å². The first-order valence-corrected chi connectivity index (χ1v) is 14.3. The number of nitrogens with zero attached hydrogens (tertiary/aromatic N) is 2. The second kappa shape index (κ2) is 12.9. The Kier molecular flexibility index (Phi) is 9.88. The summed E-state index contributed by atoms with van der Waals surface area (Å²) in [5, 5.41) is 2.84. The molecule has 1 atom stereocenters. The Morgan fingerprint density at radius 3 is 2.30 bits per heavy atom. The summed E-state index contributed by atoms with van der Waals surface area (Å²) in [6, 6.07) is 21.7. The van der Waals surface area contributed by atoms with Crippen LogP contribution in [0.25, 0.3) is 0 Å². The minimum Gasteiger partial charge on any atom is -0.354 e. The third kappa shape index (κ3) is 7.20. The van der Waals surface area contributed by atoms with E-state index < -0.39 is 28.5 Å². The topological polar surface area (TPSA) is 86.8 Å². The van der Waals surface area contributed by atoms with Crippen LogP contribution in [0.5, 0.6) is 0 Å². The van der Waals surface area contributed by atoms with Crippen LogP contribution in [0.15, 0.2) is 88.2 Å². The molecule has 7 nitrogen and oxygen atoms in total. The van der Waals surface area contributed by atoms with E-state index in [9.17, 15) is 18.0 Å². The van der Waals surface area contributed by atoms with Gasteiger partial charge >= 0.3 is 0 Å². The molecule has 0 unspecified atom stereocenters. The Bertz CT molecular complexity index is 1330. The molecule has 0 aliphatic carbocycles. The molecule has 3 rings (SSSR count). The highest BCUT2D eigenvalue weighted by Gasteiger charge is 2.32. The number of anilines is 1. The number of para-hydroxylation sites is 1. The first kappa shape index (κ1) is 28.4. The fourth-order valence-corrected chi connectivity index (χ4v) is 5.83. The molecule has 0 aromatic heterocycles. The third-order valence-electron chi connectivity index (χ3n) is 5.95. The number of halogens is 1. The zero-order valence-electron chi connectivity index (χ0n) is 21.2. The van der Waals surface area contributed by atoms with Crippen LogP contribution >= 0.6 is 15.9 Å². The van der Waals surface area contributed by atoms with E-state index in [1.807, 2.05) is 37.3 Å². The van der Waals surface area contributed by atoms with Crippen LogP contribution in [0.1, 0.15) is 31.4 Å². The summed E-state index contributed by atoms with van der Waals surface area (Å²) >= 11 is 3.45. The Morgan fingerprint density at radius 1 is 0.973 bits per heavy atom. The standard InChI is InChI=1S/C28H32BrN3O4S/c1-4-17-30-28(34)22(3)31(19-23-12-10-13-24(29)18-23)27(33)20-32(26-16-9-8-11-21(26)2)37(35,36)25-14-6-5-7-15-25/h5-16,18,22H,4,17,19-20H2,1-3H3,(H,30,34)/t22-/m0/s1. The molecular weight excluding hydrogens is 554 g/mol. The number of benzene rings is 3. The highest BCUT2D eigenvalue weighted by atomic mass is 79.9.